The number of likely N-dealkylation sites (N-methyl/N-ethyl adjacent to an activating group) is 1. The van der Waals surface area contributed by atoms with Gasteiger partial charge in [0.25, 0.3) is 0 Å². The van der Waals surface area contributed by atoms with Crippen molar-refractivity contribution in [1.82, 2.24) is 20.5 Å². The van der Waals surface area contributed by atoms with E-state index in [0.717, 1.165) is 50.4 Å². The third-order valence-corrected chi connectivity index (χ3v) is 5.68. The predicted octanol–water partition coefficient (Wildman–Crippen LogP) is 2.08. The Kier molecular flexibility index (Phi) is 6.72. The van der Waals surface area contributed by atoms with Gasteiger partial charge >= 0.3 is 0 Å². The fourth-order valence-electron chi connectivity index (χ4n) is 3.72. The van der Waals surface area contributed by atoms with Crippen molar-refractivity contribution in [2.24, 2.45) is 10.9 Å². The van der Waals surface area contributed by atoms with E-state index in [0.29, 0.717) is 6.04 Å². The minimum atomic E-state index is 0.551. The third-order valence-electron chi connectivity index (χ3n) is 5.68. The minimum Gasteiger partial charge on any atom is -0.354 e. The fourth-order valence-corrected chi connectivity index (χ4v) is 3.72. The highest BCUT2D eigenvalue weighted by Crippen LogP contribution is 2.23. The van der Waals surface area contributed by atoms with Crippen LogP contribution in [-0.2, 0) is 6.54 Å². The van der Waals surface area contributed by atoms with E-state index in [9.17, 15) is 0 Å². The molecule has 0 aromatic carbocycles. The fraction of sp³-hybridized carbons (Fsp3) is 0.700. The number of pyridine rings is 1. The summed E-state index contributed by atoms with van der Waals surface area (Å²) in [6.45, 7) is 7.41. The van der Waals surface area contributed by atoms with Gasteiger partial charge in [-0.2, -0.15) is 0 Å². The summed E-state index contributed by atoms with van der Waals surface area (Å²) < 4.78 is 0. The van der Waals surface area contributed by atoms with Crippen molar-refractivity contribution in [3.63, 3.8) is 0 Å². The molecule has 0 unspecified atom stereocenters. The highest BCUT2D eigenvalue weighted by Gasteiger charge is 2.19. The van der Waals surface area contributed by atoms with Gasteiger partial charge in [-0.15, -0.1) is 0 Å². The van der Waals surface area contributed by atoms with Crippen molar-refractivity contribution < 1.29 is 0 Å². The maximum absolute atomic E-state index is 4.66. The molecule has 2 fully saturated rings. The molecule has 0 spiro atoms. The first-order chi connectivity index (χ1) is 12.6. The van der Waals surface area contributed by atoms with Crippen LogP contribution in [0.25, 0.3) is 0 Å². The number of rotatable bonds is 4. The molecule has 2 heterocycles. The van der Waals surface area contributed by atoms with Crippen LogP contribution < -0.4 is 15.5 Å². The molecule has 0 amide bonds. The van der Waals surface area contributed by atoms with Crippen molar-refractivity contribution >= 4 is 11.8 Å². The van der Waals surface area contributed by atoms with Crippen LogP contribution in [0, 0.1) is 5.92 Å². The molecule has 1 aromatic rings. The van der Waals surface area contributed by atoms with Gasteiger partial charge in [-0.1, -0.05) is 13.0 Å². The number of hydrogen-bond donors (Lipinski definition) is 2. The Morgan fingerprint density at radius 3 is 2.50 bits per heavy atom. The average Bonchev–Trinajstić information content (AvgIpc) is 2.68. The molecule has 0 atom stereocenters. The van der Waals surface area contributed by atoms with Crippen LogP contribution in [0.1, 0.15) is 38.2 Å². The van der Waals surface area contributed by atoms with Gasteiger partial charge in [-0.05, 0) is 50.3 Å². The van der Waals surface area contributed by atoms with Crippen LogP contribution in [-0.4, -0.2) is 62.2 Å². The summed E-state index contributed by atoms with van der Waals surface area (Å²) in [6.07, 6.45) is 7.08. The van der Waals surface area contributed by atoms with Crippen LogP contribution >= 0.6 is 0 Å². The molecule has 0 bridgehead atoms. The first-order valence-electron chi connectivity index (χ1n) is 9.99. The maximum atomic E-state index is 4.66. The number of nitrogens with zero attached hydrogens (tertiary/aromatic N) is 4. The van der Waals surface area contributed by atoms with Gasteiger partial charge in [0.15, 0.2) is 5.96 Å². The number of nitrogens with one attached hydrogen (secondary N) is 2. The Labute approximate surface area is 158 Å². The second kappa shape index (κ2) is 9.21. The molecular weight excluding hydrogens is 324 g/mol. The highest BCUT2D eigenvalue weighted by molar-refractivity contribution is 5.79. The van der Waals surface area contributed by atoms with Gasteiger partial charge in [0, 0.05) is 52.0 Å². The van der Waals surface area contributed by atoms with Gasteiger partial charge in [0.2, 0.25) is 0 Å². The normalized spacial score (nSPS) is 25.2. The Morgan fingerprint density at radius 2 is 1.88 bits per heavy atom. The van der Waals surface area contributed by atoms with E-state index in [1.807, 2.05) is 13.2 Å². The Hall–Kier alpha value is -1.82. The first-order valence-corrected chi connectivity index (χ1v) is 9.99. The van der Waals surface area contributed by atoms with Gasteiger partial charge in [-0.3, -0.25) is 4.99 Å². The van der Waals surface area contributed by atoms with Gasteiger partial charge < -0.3 is 20.4 Å². The summed E-state index contributed by atoms with van der Waals surface area (Å²) in [7, 11) is 4.02. The highest BCUT2D eigenvalue weighted by atomic mass is 15.3. The Morgan fingerprint density at radius 1 is 1.15 bits per heavy atom. The maximum Gasteiger partial charge on any atom is 0.191 e. The van der Waals surface area contributed by atoms with Gasteiger partial charge in [0.05, 0.1) is 0 Å². The van der Waals surface area contributed by atoms with Crippen molar-refractivity contribution in [2.45, 2.75) is 45.2 Å². The summed E-state index contributed by atoms with van der Waals surface area (Å²) in [5, 5.41) is 7.00. The van der Waals surface area contributed by atoms with E-state index in [2.05, 4.69) is 56.5 Å². The first kappa shape index (κ1) is 19.0. The summed E-state index contributed by atoms with van der Waals surface area (Å²) in [5.74, 6) is 2.85. The Bertz CT molecular complexity index is 568. The zero-order valence-electron chi connectivity index (χ0n) is 16.5. The SMILES string of the molecule is CN=C(NCc1ccc(N2CCN(C)CC2)nc1)NC1CCC(C)CC1. The topological polar surface area (TPSA) is 55.8 Å². The molecule has 1 saturated carbocycles. The number of aliphatic imine (C=N–C) groups is 1. The van der Waals surface area contributed by atoms with Crippen molar-refractivity contribution in [3.05, 3.63) is 23.9 Å². The number of hydrogen-bond acceptors (Lipinski definition) is 4. The smallest absolute Gasteiger partial charge is 0.191 e. The van der Waals surface area contributed by atoms with Crippen LogP contribution in [0.15, 0.2) is 23.3 Å². The molecule has 2 aliphatic rings. The molecule has 144 valence electrons. The van der Waals surface area contributed by atoms with Crippen LogP contribution in [0.3, 0.4) is 0 Å². The Balaban J connectivity index is 1.46. The lowest BCUT2D eigenvalue weighted by Gasteiger charge is -2.33. The molecule has 2 N–H and O–H groups in total. The molecule has 26 heavy (non-hydrogen) atoms. The van der Waals surface area contributed by atoms with Crippen molar-refractivity contribution in [3.8, 4) is 0 Å². The molecule has 1 aliphatic carbocycles. The van der Waals surface area contributed by atoms with E-state index >= 15 is 0 Å². The molecular formula is C20H34N6. The lowest BCUT2D eigenvalue weighted by Crippen LogP contribution is -2.45. The van der Waals surface area contributed by atoms with Crippen molar-refractivity contribution in [2.75, 3.05) is 45.2 Å². The molecule has 1 saturated heterocycles. The number of anilines is 1. The molecule has 1 aliphatic heterocycles. The summed E-state index contributed by atoms with van der Waals surface area (Å²) >= 11 is 0. The second-order valence-electron chi connectivity index (χ2n) is 7.84. The minimum absolute atomic E-state index is 0.551. The largest absolute Gasteiger partial charge is 0.354 e. The van der Waals surface area contributed by atoms with Gasteiger partial charge in [-0.25, -0.2) is 4.98 Å². The number of piperazine rings is 1. The van der Waals surface area contributed by atoms with E-state index in [4.69, 9.17) is 0 Å². The van der Waals surface area contributed by atoms with E-state index < -0.39 is 0 Å². The van der Waals surface area contributed by atoms with Gasteiger partial charge in [0.1, 0.15) is 5.82 Å². The number of aromatic nitrogens is 1. The van der Waals surface area contributed by atoms with Crippen LogP contribution in [0.2, 0.25) is 0 Å². The molecule has 0 radical (unpaired) electrons. The van der Waals surface area contributed by atoms with E-state index in [1.165, 1.54) is 31.2 Å². The number of guanidine groups is 1. The van der Waals surface area contributed by atoms with Crippen molar-refractivity contribution in [1.29, 1.82) is 0 Å². The van der Waals surface area contributed by atoms with Crippen LogP contribution in [0.4, 0.5) is 5.82 Å². The third kappa shape index (κ3) is 5.34. The standard InChI is InChI=1S/C20H34N6/c1-16-4-7-18(8-5-16)24-20(21-2)23-15-17-6-9-19(22-14-17)26-12-10-25(3)11-13-26/h6,9,14,16,18H,4-5,7-8,10-13,15H2,1-3H3,(H2,21,23,24). The van der Waals surface area contributed by atoms with Crippen LogP contribution in [0.5, 0.6) is 0 Å². The second-order valence-corrected chi connectivity index (χ2v) is 7.84. The monoisotopic (exact) mass is 358 g/mol. The summed E-state index contributed by atoms with van der Waals surface area (Å²) in [4.78, 5) is 13.8. The summed E-state index contributed by atoms with van der Waals surface area (Å²) in [5.41, 5.74) is 1.18. The van der Waals surface area contributed by atoms with E-state index in [1.54, 1.807) is 0 Å². The predicted molar refractivity (Wildman–Crippen MR) is 109 cm³/mol. The molecule has 6 heteroatoms. The zero-order chi connectivity index (χ0) is 18.4. The quantitative estimate of drug-likeness (QED) is 0.637. The molecule has 1 aromatic heterocycles. The average molecular weight is 359 g/mol. The molecule has 6 nitrogen and oxygen atoms in total. The summed E-state index contributed by atoms with van der Waals surface area (Å²) in [6, 6.07) is 4.86. The lowest BCUT2D eigenvalue weighted by molar-refractivity contribution is 0.312. The zero-order valence-corrected chi connectivity index (χ0v) is 16.5. The lowest BCUT2D eigenvalue weighted by atomic mass is 9.87. The van der Waals surface area contributed by atoms with E-state index in [-0.39, 0.29) is 0 Å². The molecule has 3 rings (SSSR count).